The van der Waals surface area contributed by atoms with E-state index in [-0.39, 0.29) is 0 Å². The van der Waals surface area contributed by atoms with Crippen LogP contribution in [0.15, 0.2) is 41.0 Å². The van der Waals surface area contributed by atoms with Crippen LogP contribution in [-0.2, 0) is 6.42 Å². The fourth-order valence-electron chi connectivity index (χ4n) is 3.66. The third-order valence-electron chi connectivity index (χ3n) is 4.91. The van der Waals surface area contributed by atoms with Gasteiger partial charge in [0.05, 0.1) is 13.4 Å². The molecule has 1 saturated heterocycles. The molecule has 0 saturated carbocycles. The molecule has 21 heavy (non-hydrogen) atoms. The van der Waals surface area contributed by atoms with Crippen molar-refractivity contribution in [1.82, 2.24) is 4.90 Å². The molecule has 1 fully saturated rings. The normalized spacial score (nSPS) is 24.8. The summed E-state index contributed by atoms with van der Waals surface area (Å²) in [5.41, 5.74) is 2.24. The maximum absolute atomic E-state index is 5.66. The number of hydrogen-bond donors (Lipinski definition) is 0. The summed E-state index contributed by atoms with van der Waals surface area (Å²) in [5, 5.41) is 1.19. The first kappa shape index (κ1) is 13.0. The van der Waals surface area contributed by atoms with Gasteiger partial charge in [-0.2, -0.15) is 0 Å². The molecule has 0 spiro atoms. The lowest BCUT2D eigenvalue weighted by Gasteiger charge is -2.41. The second kappa shape index (κ2) is 5.23. The van der Waals surface area contributed by atoms with Gasteiger partial charge in [0.15, 0.2) is 0 Å². The summed E-state index contributed by atoms with van der Waals surface area (Å²) in [4.78, 5) is 2.62. The molecular formula is C18H21NO2. The molecule has 2 unspecified atom stereocenters. The number of fused-ring (bicyclic) bond motifs is 3. The maximum Gasteiger partial charge on any atom is 0.134 e. The second-order valence-electron chi connectivity index (χ2n) is 6.16. The van der Waals surface area contributed by atoms with Crippen LogP contribution in [0.1, 0.15) is 18.4 Å². The molecule has 5 rings (SSSR count). The molecule has 2 aromatic rings. The smallest absolute Gasteiger partial charge is 0.134 e. The molecule has 3 heteroatoms. The molecule has 0 amide bonds. The Kier molecular flexibility index (Phi) is 3.23. The van der Waals surface area contributed by atoms with E-state index in [1.807, 2.05) is 18.4 Å². The fraction of sp³-hybridized carbons (Fsp3) is 0.444. The summed E-state index contributed by atoms with van der Waals surface area (Å²) in [6.07, 6.45) is 10.4. The van der Waals surface area contributed by atoms with E-state index < -0.39 is 0 Å². The Morgan fingerprint density at radius 1 is 1.29 bits per heavy atom. The topological polar surface area (TPSA) is 25.6 Å². The molecule has 3 aliphatic rings. The lowest BCUT2D eigenvalue weighted by molar-refractivity contribution is 0.139. The molecule has 1 aromatic heterocycles. The van der Waals surface area contributed by atoms with Gasteiger partial charge in [-0.3, -0.25) is 4.90 Å². The van der Waals surface area contributed by atoms with Gasteiger partial charge in [0, 0.05) is 24.5 Å². The maximum atomic E-state index is 5.66. The average Bonchev–Trinajstić information content (AvgIpc) is 2.96. The lowest BCUT2D eigenvalue weighted by Crippen LogP contribution is -2.45. The molecule has 2 aliphatic heterocycles. The zero-order valence-electron chi connectivity index (χ0n) is 12.4. The Balaban J connectivity index is 1.51. The molecule has 110 valence electrons. The Bertz CT molecular complexity index is 673. The van der Waals surface area contributed by atoms with Gasteiger partial charge in [0.1, 0.15) is 11.3 Å². The van der Waals surface area contributed by atoms with Crippen LogP contribution < -0.4 is 4.74 Å². The highest BCUT2D eigenvalue weighted by molar-refractivity contribution is 5.82. The van der Waals surface area contributed by atoms with E-state index in [0.717, 1.165) is 30.2 Å². The van der Waals surface area contributed by atoms with Crippen molar-refractivity contribution >= 4 is 11.0 Å². The Labute approximate surface area is 125 Å². The largest absolute Gasteiger partial charge is 0.497 e. The molecule has 3 nitrogen and oxygen atoms in total. The van der Waals surface area contributed by atoms with Gasteiger partial charge in [-0.25, -0.2) is 0 Å². The van der Waals surface area contributed by atoms with Gasteiger partial charge in [-0.1, -0.05) is 12.2 Å². The van der Waals surface area contributed by atoms with Gasteiger partial charge in [-0.05, 0) is 48.9 Å². The standard InChI is InChI=1S/C18H21NO2/c1-20-16-6-7-18-17(10-16)14(12-21-18)8-9-19-11-13-2-4-15(19)5-3-13/h2,4,6-7,10,12-13,15H,3,5,8-9,11H2,1H3. The first-order chi connectivity index (χ1) is 10.3. The minimum absolute atomic E-state index is 0.655. The van der Waals surface area contributed by atoms with E-state index in [1.165, 1.54) is 30.3 Å². The van der Waals surface area contributed by atoms with Gasteiger partial charge in [0.25, 0.3) is 0 Å². The molecule has 1 aromatic carbocycles. The van der Waals surface area contributed by atoms with Crippen LogP contribution in [0.3, 0.4) is 0 Å². The van der Waals surface area contributed by atoms with Crippen LogP contribution in [0, 0.1) is 5.92 Å². The minimum Gasteiger partial charge on any atom is -0.497 e. The van der Waals surface area contributed by atoms with Crippen molar-refractivity contribution in [3.63, 3.8) is 0 Å². The van der Waals surface area contributed by atoms with Crippen LogP contribution in [0.25, 0.3) is 11.0 Å². The van der Waals surface area contributed by atoms with Crippen molar-refractivity contribution in [2.75, 3.05) is 20.2 Å². The molecule has 0 radical (unpaired) electrons. The Hall–Kier alpha value is -1.74. The van der Waals surface area contributed by atoms with Crippen molar-refractivity contribution < 1.29 is 9.15 Å². The van der Waals surface area contributed by atoms with Crippen molar-refractivity contribution in [1.29, 1.82) is 0 Å². The third-order valence-corrected chi connectivity index (χ3v) is 4.91. The minimum atomic E-state index is 0.655. The number of methoxy groups -OCH3 is 1. The predicted molar refractivity (Wildman–Crippen MR) is 83.7 cm³/mol. The first-order valence-electron chi connectivity index (χ1n) is 7.80. The van der Waals surface area contributed by atoms with Crippen LogP contribution in [0.2, 0.25) is 0 Å². The number of rotatable bonds is 4. The highest BCUT2D eigenvalue weighted by Gasteiger charge is 2.29. The van der Waals surface area contributed by atoms with E-state index in [9.17, 15) is 0 Å². The highest BCUT2D eigenvalue weighted by atomic mass is 16.5. The van der Waals surface area contributed by atoms with E-state index >= 15 is 0 Å². The first-order valence-corrected chi connectivity index (χ1v) is 7.80. The SMILES string of the molecule is COc1ccc2occ(CCN3CC4C=CC3CC4)c2c1. The van der Waals surface area contributed by atoms with E-state index in [1.54, 1.807) is 7.11 Å². The summed E-state index contributed by atoms with van der Waals surface area (Å²) < 4.78 is 11.0. The van der Waals surface area contributed by atoms with Crippen molar-refractivity contribution in [3.8, 4) is 5.75 Å². The van der Waals surface area contributed by atoms with E-state index in [2.05, 4.69) is 23.1 Å². The second-order valence-corrected chi connectivity index (χ2v) is 6.16. The zero-order valence-corrected chi connectivity index (χ0v) is 12.4. The molecule has 2 atom stereocenters. The molecule has 2 bridgehead atoms. The number of furan rings is 1. The molecule has 3 heterocycles. The number of ether oxygens (including phenoxy) is 1. The Morgan fingerprint density at radius 2 is 2.24 bits per heavy atom. The fourth-order valence-corrected chi connectivity index (χ4v) is 3.66. The van der Waals surface area contributed by atoms with Crippen molar-refractivity contribution in [3.05, 3.63) is 42.2 Å². The van der Waals surface area contributed by atoms with Crippen molar-refractivity contribution in [2.45, 2.75) is 25.3 Å². The third kappa shape index (κ3) is 2.36. The lowest BCUT2D eigenvalue weighted by atomic mass is 9.86. The van der Waals surface area contributed by atoms with Gasteiger partial charge in [-0.15, -0.1) is 0 Å². The summed E-state index contributed by atoms with van der Waals surface area (Å²) in [7, 11) is 1.71. The molecule has 0 N–H and O–H groups in total. The highest BCUT2D eigenvalue weighted by Crippen LogP contribution is 2.30. The summed E-state index contributed by atoms with van der Waals surface area (Å²) >= 11 is 0. The number of benzene rings is 1. The summed E-state index contributed by atoms with van der Waals surface area (Å²) in [6.45, 7) is 2.33. The molecule has 1 aliphatic carbocycles. The van der Waals surface area contributed by atoms with E-state index in [4.69, 9.17) is 9.15 Å². The monoisotopic (exact) mass is 283 g/mol. The summed E-state index contributed by atoms with van der Waals surface area (Å²) in [6, 6.07) is 6.67. The zero-order chi connectivity index (χ0) is 14.2. The van der Waals surface area contributed by atoms with Crippen LogP contribution >= 0.6 is 0 Å². The number of piperidine rings is 1. The quantitative estimate of drug-likeness (QED) is 0.801. The van der Waals surface area contributed by atoms with Crippen LogP contribution in [0.4, 0.5) is 0 Å². The molecular weight excluding hydrogens is 262 g/mol. The van der Waals surface area contributed by atoms with Gasteiger partial charge < -0.3 is 9.15 Å². The van der Waals surface area contributed by atoms with Gasteiger partial charge in [0.2, 0.25) is 0 Å². The predicted octanol–water partition coefficient (Wildman–Crippen LogP) is 3.63. The van der Waals surface area contributed by atoms with Crippen LogP contribution in [-0.4, -0.2) is 31.1 Å². The number of hydrogen-bond acceptors (Lipinski definition) is 3. The number of nitrogens with zero attached hydrogens (tertiary/aromatic N) is 1. The Morgan fingerprint density at radius 3 is 2.95 bits per heavy atom. The van der Waals surface area contributed by atoms with Crippen molar-refractivity contribution in [2.24, 2.45) is 5.92 Å². The summed E-state index contributed by atoms with van der Waals surface area (Å²) in [5.74, 6) is 1.67. The van der Waals surface area contributed by atoms with Gasteiger partial charge >= 0.3 is 0 Å². The van der Waals surface area contributed by atoms with E-state index in [0.29, 0.717) is 6.04 Å². The van der Waals surface area contributed by atoms with Crippen LogP contribution in [0.5, 0.6) is 5.75 Å². The average molecular weight is 283 g/mol.